The molecule has 1 aromatic carbocycles. The standard InChI is InChI=1S/C13H13NO4/c1-8(15)6-9(16)7-13(18)10-4-2-3-5-11(10)14-12(13)17/h2-6,16,18H,7H2,1H3,(H,14,17)/b9-6+/t13-/m1/s1. The van der Waals surface area contributed by atoms with Crippen molar-refractivity contribution in [2.24, 2.45) is 0 Å². The van der Waals surface area contributed by atoms with E-state index in [1.165, 1.54) is 6.92 Å². The number of hydrogen-bond donors (Lipinski definition) is 3. The molecule has 1 aliphatic rings. The maximum absolute atomic E-state index is 11.8. The van der Waals surface area contributed by atoms with Crippen LogP contribution in [0.5, 0.6) is 0 Å². The largest absolute Gasteiger partial charge is 0.512 e. The number of carbonyl (C=O) groups is 2. The zero-order chi connectivity index (χ0) is 13.3. The van der Waals surface area contributed by atoms with Crippen molar-refractivity contribution >= 4 is 17.4 Å². The van der Waals surface area contributed by atoms with Gasteiger partial charge >= 0.3 is 0 Å². The summed E-state index contributed by atoms with van der Waals surface area (Å²) in [7, 11) is 0. The van der Waals surface area contributed by atoms with Gasteiger partial charge in [0.15, 0.2) is 11.4 Å². The number of benzene rings is 1. The number of fused-ring (bicyclic) bond motifs is 1. The molecule has 0 spiro atoms. The van der Waals surface area contributed by atoms with Crippen LogP contribution < -0.4 is 5.32 Å². The average molecular weight is 247 g/mol. The Balaban J connectivity index is 2.37. The van der Waals surface area contributed by atoms with Crippen LogP contribution in [0, 0.1) is 0 Å². The normalized spacial score (nSPS) is 22.6. The van der Waals surface area contributed by atoms with Crippen LogP contribution in [0.4, 0.5) is 5.69 Å². The zero-order valence-corrected chi connectivity index (χ0v) is 9.80. The third-order valence-corrected chi connectivity index (χ3v) is 2.80. The molecular weight excluding hydrogens is 234 g/mol. The van der Waals surface area contributed by atoms with Gasteiger partial charge in [0.1, 0.15) is 0 Å². The first-order valence-corrected chi connectivity index (χ1v) is 5.47. The number of amides is 1. The van der Waals surface area contributed by atoms with Crippen molar-refractivity contribution in [3.8, 4) is 0 Å². The number of para-hydroxylation sites is 1. The summed E-state index contributed by atoms with van der Waals surface area (Å²) >= 11 is 0. The summed E-state index contributed by atoms with van der Waals surface area (Å²) in [4.78, 5) is 22.6. The van der Waals surface area contributed by atoms with Crippen molar-refractivity contribution in [3.05, 3.63) is 41.7 Å². The van der Waals surface area contributed by atoms with E-state index in [9.17, 15) is 19.8 Å². The highest BCUT2D eigenvalue weighted by atomic mass is 16.3. The fraction of sp³-hybridized carbons (Fsp3) is 0.231. The van der Waals surface area contributed by atoms with Crippen LogP contribution in [0.25, 0.3) is 0 Å². The van der Waals surface area contributed by atoms with Gasteiger partial charge in [0.05, 0.1) is 5.76 Å². The van der Waals surface area contributed by atoms with E-state index >= 15 is 0 Å². The van der Waals surface area contributed by atoms with Gasteiger partial charge in [-0.05, 0) is 13.0 Å². The Morgan fingerprint density at radius 2 is 2.11 bits per heavy atom. The second-order valence-corrected chi connectivity index (χ2v) is 4.28. The molecule has 0 bridgehead atoms. The Morgan fingerprint density at radius 3 is 2.78 bits per heavy atom. The molecule has 0 fully saturated rings. The van der Waals surface area contributed by atoms with Crippen molar-refractivity contribution in [1.29, 1.82) is 0 Å². The summed E-state index contributed by atoms with van der Waals surface area (Å²) in [5.74, 6) is -1.27. The molecule has 0 unspecified atom stereocenters. The number of hydrogen-bond acceptors (Lipinski definition) is 4. The molecule has 0 aliphatic carbocycles. The van der Waals surface area contributed by atoms with E-state index in [1.807, 2.05) is 0 Å². The first kappa shape index (κ1) is 12.3. The van der Waals surface area contributed by atoms with Crippen molar-refractivity contribution in [1.82, 2.24) is 0 Å². The SMILES string of the molecule is CC(=O)/C=C(/O)C[C@]1(O)C(=O)Nc2ccccc21. The Kier molecular flexibility index (Phi) is 2.92. The Hall–Kier alpha value is -2.14. The van der Waals surface area contributed by atoms with Gasteiger partial charge in [-0.1, -0.05) is 18.2 Å². The van der Waals surface area contributed by atoms with E-state index < -0.39 is 11.5 Å². The van der Waals surface area contributed by atoms with Crippen LogP contribution in [-0.4, -0.2) is 21.9 Å². The molecule has 18 heavy (non-hydrogen) atoms. The molecule has 1 aliphatic heterocycles. The summed E-state index contributed by atoms with van der Waals surface area (Å²) in [6.45, 7) is 1.28. The fourth-order valence-electron chi connectivity index (χ4n) is 2.02. The Bertz CT molecular complexity index is 550. The Labute approximate surface area is 104 Å². The minimum atomic E-state index is -1.83. The van der Waals surface area contributed by atoms with Gasteiger partial charge in [-0.3, -0.25) is 9.59 Å². The molecule has 94 valence electrons. The van der Waals surface area contributed by atoms with Gasteiger partial charge in [0, 0.05) is 23.7 Å². The van der Waals surface area contributed by atoms with Crippen LogP contribution in [-0.2, 0) is 15.2 Å². The summed E-state index contributed by atoms with van der Waals surface area (Å²) in [5.41, 5.74) is -0.911. The van der Waals surface area contributed by atoms with Crippen molar-refractivity contribution in [3.63, 3.8) is 0 Å². The summed E-state index contributed by atoms with van der Waals surface area (Å²) in [6, 6.07) is 6.69. The zero-order valence-electron chi connectivity index (χ0n) is 9.80. The fourth-order valence-corrected chi connectivity index (χ4v) is 2.02. The van der Waals surface area contributed by atoms with Crippen molar-refractivity contribution in [2.75, 3.05) is 5.32 Å². The molecule has 0 radical (unpaired) electrons. The van der Waals surface area contributed by atoms with E-state index in [0.717, 1.165) is 6.08 Å². The minimum absolute atomic E-state index is 0.322. The van der Waals surface area contributed by atoms with E-state index in [-0.39, 0.29) is 18.0 Å². The first-order valence-electron chi connectivity index (χ1n) is 5.47. The highest BCUT2D eigenvalue weighted by Gasteiger charge is 2.45. The van der Waals surface area contributed by atoms with Gasteiger partial charge in [-0.25, -0.2) is 0 Å². The van der Waals surface area contributed by atoms with Crippen molar-refractivity contribution in [2.45, 2.75) is 18.9 Å². The second-order valence-electron chi connectivity index (χ2n) is 4.28. The number of aliphatic hydroxyl groups is 2. The number of ketones is 1. The smallest absolute Gasteiger partial charge is 0.261 e. The molecule has 1 atom stereocenters. The lowest BCUT2D eigenvalue weighted by Gasteiger charge is -2.20. The quantitative estimate of drug-likeness (QED) is 0.554. The molecule has 3 N–H and O–H groups in total. The highest BCUT2D eigenvalue weighted by Crippen LogP contribution is 2.39. The second kappa shape index (κ2) is 4.27. The van der Waals surface area contributed by atoms with E-state index in [0.29, 0.717) is 11.3 Å². The highest BCUT2D eigenvalue weighted by molar-refractivity contribution is 6.05. The maximum atomic E-state index is 11.8. The lowest BCUT2D eigenvalue weighted by Crippen LogP contribution is -2.34. The number of rotatable bonds is 3. The number of allylic oxidation sites excluding steroid dienone is 1. The van der Waals surface area contributed by atoms with Crippen LogP contribution >= 0.6 is 0 Å². The maximum Gasteiger partial charge on any atom is 0.261 e. The van der Waals surface area contributed by atoms with Gasteiger partial charge in [-0.15, -0.1) is 0 Å². The van der Waals surface area contributed by atoms with Crippen LogP contribution in [0.2, 0.25) is 0 Å². The molecule has 1 amide bonds. The molecule has 0 saturated heterocycles. The molecular formula is C13H13NO4. The van der Waals surface area contributed by atoms with Crippen molar-refractivity contribution < 1.29 is 19.8 Å². The molecule has 5 nitrogen and oxygen atoms in total. The predicted octanol–water partition coefficient (Wildman–Crippen LogP) is 1.25. The van der Waals surface area contributed by atoms with Gasteiger partial charge in [0.25, 0.3) is 5.91 Å². The molecule has 0 saturated carbocycles. The van der Waals surface area contributed by atoms with E-state index in [2.05, 4.69) is 5.32 Å². The van der Waals surface area contributed by atoms with Crippen LogP contribution in [0.1, 0.15) is 18.9 Å². The van der Waals surface area contributed by atoms with Gasteiger partial charge in [-0.2, -0.15) is 0 Å². The van der Waals surface area contributed by atoms with E-state index in [1.54, 1.807) is 24.3 Å². The monoisotopic (exact) mass is 247 g/mol. The number of anilines is 1. The predicted molar refractivity (Wildman–Crippen MR) is 65.0 cm³/mol. The molecule has 2 rings (SSSR count). The number of nitrogens with one attached hydrogen (secondary N) is 1. The van der Waals surface area contributed by atoms with Gasteiger partial charge < -0.3 is 15.5 Å². The minimum Gasteiger partial charge on any atom is -0.512 e. The molecule has 1 aromatic rings. The van der Waals surface area contributed by atoms with E-state index in [4.69, 9.17) is 0 Å². The topological polar surface area (TPSA) is 86.6 Å². The van der Waals surface area contributed by atoms with Crippen LogP contribution in [0.15, 0.2) is 36.1 Å². The van der Waals surface area contributed by atoms with Crippen LogP contribution in [0.3, 0.4) is 0 Å². The summed E-state index contributed by atoms with van der Waals surface area (Å²) < 4.78 is 0. The average Bonchev–Trinajstić information content (AvgIpc) is 2.50. The number of carbonyl (C=O) groups excluding carboxylic acids is 2. The summed E-state index contributed by atoms with van der Waals surface area (Å²) in [5, 5.41) is 22.5. The molecule has 0 aromatic heterocycles. The first-order chi connectivity index (χ1) is 8.43. The number of aliphatic hydroxyl groups excluding tert-OH is 1. The van der Waals surface area contributed by atoms with Gasteiger partial charge in [0.2, 0.25) is 0 Å². The third-order valence-electron chi connectivity index (χ3n) is 2.80. The lowest BCUT2D eigenvalue weighted by molar-refractivity contribution is -0.134. The lowest BCUT2D eigenvalue weighted by atomic mass is 9.91. The summed E-state index contributed by atoms with van der Waals surface area (Å²) in [6.07, 6.45) is 0.668. The molecule has 5 heteroatoms. The Morgan fingerprint density at radius 1 is 1.44 bits per heavy atom. The third kappa shape index (κ3) is 2.00. The molecule has 1 heterocycles.